The van der Waals surface area contributed by atoms with E-state index in [9.17, 15) is 24.3 Å². The SMILES string of the molecule is O=C1NC(=O)C(=Cc2ccc(-c3ccc(Br)cc3C(=O)O)o2)C(=O)N1. The molecule has 3 rings (SSSR count). The maximum absolute atomic E-state index is 11.7. The number of nitrogens with one attached hydrogen (secondary N) is 2. The van der Waals surface area contributed by atoms with Crippen LogP contribution in [0.2, 0.25) is 0 Å². The molecule has 3 N–H and O–H groups in total. The van der Waals surface area contributed by atoms with Crippen LogP contribution >= 0.6 is 15.9 Å². The van der Waals surface area contributed by atoms with Crippen molar-refractivity contribution in [2.24, 2.45) is 0 Å². The molecule has 1 aromatic heterocycles. The molecule has 2 aromatic rings. The second-order valence-corrected chi connectivity index (χ2v) is 5.91. The molecule has 0 unspecified atom stereocenters. The lowest BCUT2D eigenvalue weighted by molar-refractivity contribution is -0.123. The largest absolute Gasteiger partial charge is 0.478 e. The summed E-state index contributed by atoms with van der Waals surface area (Å²) in [6, 6.07) is 6.77. The number of carbonyl (C=O) groups is 4. The van der Waals surface area contributed by atoms with Crippen LogP contribution < -0.4 is 10.6 Å². The van der Waals surface area contributed by atoms with Gasteiger partial charge in [-0.15, -0.1) is 0 Å². The molecule has 8 nitrogen and oxygen atoms in total. The van der Waals surface area contributed by atoms with Crippen LogP contribution in [-0.4, -0.2) is 28.9 Å². The number of amides is 4. The Balaban J connectivity index is 1.98. The molecule has 1 saturated heterocycles. The van der Waals surface area contributed by atoms with Crippen molar-refractivity contribution in [3.63, 3.8) is 0 Å². The van der Waals surface area contributed by atoms with Gasteiger partial charge < -0.3 is 9.52 Å². The first-order valence-electron chi connectivity index (χ1n) is 6.86. The highest BCUT2D eigenvalue weighted by atomic mass is 79.9. The minimum Gasteiger partial charge on any atom is -0.478 e. The third-order valence-corrected chi connectivity index (χ3v) is 3.83. The van der Waals surface area contributed by atoms with Crippen molar-refractivity contribution in [3.05, 3.63) is 51.7 Å². The van der Waals surface area contributed by atoms with Gasteiger partial charge in [-0.1, -0.05) is 15.9 Å². The number of urea groups is 1. The molecule has 0 atom stereocenters. The van der Waals surface area contributed by atoms with Gasteiger partial charge >= 0.3 is 12.0 Å². The standard InChI is InChI=1S/C16H9BrN2O6/c17-7-1-3-9(10(5-7)15(22)23)12-4-2-8(25-12)6-11-13(20)18-16(24)19-14(11)21/h1-6H,(H,22,23)(H2,18,19,20,21,24). The Bertz CT molecular complexity index is 937. The number of hydrogen-bond acceptors (Lipinski definition) is 5. The maximum Gasteiger partial charge on any atom is 0.336 e. The van der Waals surface area contributed by atoms with Gasteiger partial charge in [0, 0.05) is 10.0 Å². The number of carboxylic acid groups (broad SMARTS) is 1. The van der Waals surface area contributed by atoms with E-state index >= 15 is 0 Å². The molecule has 2 heterocycles. The van der Waals surface area contributed by atoms with Crippen LogP contribution in [-0.2, 0) is 9.59 Å². The summed E-state index contributed by atoms with van der Waals surface area (Å²) < 4.78 is 6.13. The second-order valence-electron chi connectivity index (χ2n) is 4.99. The van der Waals surface area contributed by atoms with E-state index in [1.54, 1.807) is 12.1 Å². The van der Waals surface area contributed by atoms with E-state index in [-0.39, 0.29) is 22.7 Å². The predicted molar refractivity (Wildman–Crippen MR) is 88.5 cm³/mol. The minimum absolute atomic E-state index is 0.0293. The van der Waals surface area contributed by atoms with Gasteiger partial charge in [0.05, 0.1) is 5.56 Å². The van der Waals surface area contributed by atoms with E-state index in [0.717, 1.165) is 0 Å². The van der Waals surface area contributed by atoms with Crippen molar-refractivity contribution in [3.8, 4) is 11.3 Å². The second kappa shape index (κ2) is 6.36. The van der Waals surface area contributed by atoms with Crippen LogP contribution in [0.1, 0.15) is 16.1 Å². The van der Waals surface area contributed by atoms with E-state index < -0.39 is 23.8 Å². The first-order valence-corrected chi connectivity index (χ1v) is 7.66. The molecule has 1 aliphatic rings. The molecule has 0 spiro atoms. The summed E-state index contributed by atoms with van der Waals surface area (Å²) in [5.41, 5.74) is 0.0736. The molecule has 0 bridgehead atoms. The number of benzene rings is 1. The predicted octanol–water partition coefficient (Wildman–Crippen LogP) is 2.16. The number of barbiturate groups is 1. The monoisotopic (exact) mass is 404 g/mol. The highest BCUT2D eigenvalue weighted by Gasteiger charge is 2.28. The van der Waals surface area contributed by atoms with Crippen LogP contribution in [0.3, 0.4) is 0 Å². The van der Waals surface area contributed by atoms with Crippen molar-refractivity contribution in [2.45, 2.75) is 0 Å². The molecule has 4 amide bonds. The van der Waals surface area contributed by atoms with Gasteiger partial charge in [0.15, 0.2) is 0 Å². The van der Waals surface area contributed by atoms with Gasteiger partial charge in [0.2, 0.25) is 0 Å². The minimum atomic E-state index is -1.13. The topological polar surface area (TPSA) is 126 Å². The fraction of sp³-hybridized carbons (Fsp3) is 0. The van der Waals surface area contributed by atoms with Crippen molar-refractivity contribution in [2.75, 3.05) is 0 Å². The van der Waals surface area contributed by atoms with Crippen LogP contribution in [0, 0.1) is 0 Å². The summed E-state index contributed by atoms with van der Waals surface area (Å²) in [6.45, 7) is 0. The number of carboxylic acids is 1. The quantitative estimate of drug-likeness (QED) is 0.531. The number of carbonyl (C=O) groups excluding carboxylic acids is 3. The number of rotatable bonds is 3. The molecule has 1 aromatic carbocycles. The molecule has 9 heteroatoms. The molecule has 1 fully saturated rings. The van der Waals surface area contributed by atoms with Gasteiger partial charge in [-0.25, -0.2) is 9.59 Å². The molecule has 0 saturated carbocycles. The van der Waals surface area contributed by atoms with Crippen LogP contribution in [0.15, 0.2) is 44.8 Å². The zero-order valence-electron chi connectivity index (χ0n) is 12.3. The fourth-order valence-corrected chi connectivity index (χ4v) is 2.59. The summed E-state index contributed by atoms with van der Waals surface area (Å²) in [4.78, 5) is 45.8. The fourth-order valence-electron chi connectivity index (χ4n) is 2.23. The van der Waals surface area contributed by atoms with Crippen molar-refractivity contribution in [1.29, 1.82) is 0 Å². The molecule has 0 aliphatic carbocycles. The van der Waals surface area contributed by atoms with Crippen LogP contribution in [0.5, 0.6) is 0 Å². The Hall–Kier alpha value is -3.20. The third-order valence-electron chi connectivity index (χ3n) is 3.33. The number of aromatic carboxylic acids is 1. The maximum atomic E-state index is 11.7. The molecular formula is C16H9BrN2O6. The van der Waals surface area contributed by atoms with E-state index in [2.05, 4.69) is 15.9 Å². The Labute approximate surface area is 148 Å². The summed E-state index contributed by atoms with van der Waals surface area (Å²) >= 11 is 3.21. The first-order chi connectivity index (χ1) is 11.8. The normalized spacial score (nSPS) is 14.1. The van der Waals surface area contributed by atoms with Gasteiger partial charge in [0.25, 0.3) is 11.8 Å². The first kappa shape index (κ1) is 16.7. The van der Waals surface area contributed by atoms with Crippen LogP contribution in [0.4, 0.5) is 4.79 Å². The number of imide groups is 2. The number of furan rings is 1. The van der Waals surface area contributed by atoms with Crippen molar-refractivity contribution < 1.29 is 28.7 Å². The highest BCUT2D eigenvalue weighted by molar-refractivity contribution is 9.10. The zero-order valence-corrected chi connectivity index (χ0v) is 13.9. The Morgan fingerprint density at radius 2 is 1.76 bits per heavy atom. The lowest BCUT2D eigenvalue weighted by atomic mass is 10.1. The molecule has 126 valence electrons. The summed E-state index contributed by atoms with van der Waals surface area (Å²) in [5, 5.41) is 13.2. The third kappa shape index (κ3) is 3.36. The van der Waals surface area contributed by atoms with E-state index in [1.807, 2.05) is 10.6 Å². The highest BCUT2D eigenvalue weighted by Crippen LogP contribution is 2.29. The van der Waals surface area contributed by atoms with Gasteiger partial charge in [-0.2, -0.15) is 0 Å². The van der Waals surface area contributed by atoms with Gasteiger partial charge in [-0.3, -0.25) is 20.2 Å². The molecular weight excluding hydrogens is 396 g/mol. The molecule has 25 heavy (non-hydrogen) atoms. The zero-order chi connectivity index (χ0) is 18.1. The van der Waals surface area contributed by atoms with Crippen molar-refractivity contribution >= 4 is 45.8 Å². The van der Waals surface area contributed by atoms with Crippen molar-refractivity contribution in [1.82, 2.24) is 10.6 Å². The average molecular weight is 405 g/mol. The summed E-state index contributed by atoms with van der Waals surface area (Å²) in [6.07, 6.45) is 1.17. The lowest BCUT2D eigenvalue weighted by Crippen LogP contribution is -2.51. The smallest absolute Gasteiger partial charge is 0.336 e. The number of halogens is 1. The Morgan fingerprint density at radius 1 is 1.08 bits per heavy atom. The number of hydrogen-bond donors (Lipinski definition) is 3. The molecule has 0 radical (unpaired) electrons. The average Bonchev–Trinajstić information content (AvgIpc) is 2.99. The Kier molecular flexibility index (Phi) is 4.24. The van der Waals surface area contributed by atoms with Gasteiger partial charge in [0.1, 0.15) is 17.1 Å². The van der Waals surface area contributed by atoms with Crippen LogP contribution in [0.25, 0.3) is 17.4 Å². The lowest BCUT2D eigenvalue weighted by Gasteiger charge is -2.13. The molecule has 1 aliphatic heterocycles. The van der Waals surface area contributed by atoms with Gasteiger partial charge in [-0.05, 0) is 36.4 Å². The van der Waals surface area contributed by atoms with E-state index in [0.29, 0.717) is 10.0 Å². The van der Waals surface area contributed by atoms with E-state index in [4.69, 9.17) is 4.42 Å². The summed E-state index contributed by atoms with van der Waals surface area (Å²) in [7, 11) is 0. The van der Waals surface area contributed by atoms with E-state index in [1.165, 1.54) is 24.3 Å². The summed E-state index contributed by atoms with van der Waals surface area (Å²) in [5.74, 6) is -2.41. The Morgan fingerprint density at radius 3 is 2.40 bits per heavy atom.